The maximum atomic E-state index is 6.10. The van der Waals surface area contributed by atoms with E-state index in [9.17, 15) is 0 Å². The molecule has 1 heterocycles. The molecule has 5 heteroatoms. The van der Waals surface area contributed by atoms with Crippen LogP contribution in [0.1, 0.15) is 30.9 Å². The van der Waals surface area contributed by atoms with Crippen molar-refractivity contribution in [1.82, 2.24) is 0 Å². The molecule has 2 aliphatic rings. The van der Waals surface area contributed by atoms with Crippen LogP contribution in [-0.4, -0.2) is 33.3 Å². The van der Waals surface area contributed by atoms with Gasteiger partial charge in [0, 0.05) is 11.1 Å². The molecular formula is C25H27NO4. The Morgan fingerprint density at radius 1 is 1.07 bits per heavy atom. The van der Waals surface area contributed by atoms with Gasteiger partial charge in [-0.1, -0.05) is 24.3 Å². The summed E-state index contributed by atoms with van der Waals surface area (Å²) in [6.07, 6.45) is 8.01. The van der Waals surface area contributed by atoms with Gasteiger partial charge in [0.15, 0.2) is 17.9 Å². The number of benzene rings is 2. The minimum atomic E-state index is 0.473. The van der Waals surface area contributed by atoms with E-state index in [0.717, 1.165) is 46.3 Å². The molecule has 0 bridgehead atoms. The highest BCUT2D eigenvalue weighted by atomic mass is 16.5. The van der Waals surface area contributed by atoms with Crippen molar-refractivity contribution in [3.8, 4) is 17.2 Å². The second-order valence-electron chi connectivity index (χ2n) is 7.33. The van der Waals surface area contributed by atoms with Crippen LogP contribution in [0.25, 0.3) is 11.6 Å². The van der Waals surface area contributed by atoms with Gasteiger partial charge < -0.3 is 18.9 Å². The molecule has 0 atom stereocenters. The molecule has 0 spiro atoms. The number of aliphatic imine (C=N–C) groups is 1. The van der Waals surface area contributed by atoms with Crippen molar-refractivity contribution in [3.63, 3.8) is 0 Å². The van der Waals surface area contributed by atoms with Gasteiger partial charge in [-0.25, -0.2) is 4.99 Å². The third-order valence-electron chi connectivity index (χ3n) is 5.13. The Balaban J connectivity index is 1.61. The fraction of sp³-hybridized carbons (Fsp3) is 0.320. The Bertz CT molecular complexity index is 956. The molecule has 0 unspecified atom stereocenters. The highest BCUT2D eigenvalue weighted by molar-refractivity contribution is 5.78. The van der Waals surface area contributed by atoms with Crippen LogP contribution >= 0.6 is 0 Å². The first-order valence-corrected chi connectivity index (χ1v) is 10.4. The number of rotatable bonds is 9. The lowest BCUT2D eigenvalue weighted by Crippen LogP contribution is -2.04. The standard InChI is InChI=1S/C25H27NO4/c1-3-29-21-12-9-19(10-13-21)22-16-28-17-26-23(22)14-11-20-5-4-6-24(27-2)25(20)30-15-18-7-8-18/h4-6,9-14,17-18H,3,7-8,15-16H2,1-2H3/b14-11+. The van der Waals surface area contributed by atoms with Crippen molar-refractivity contribution >= 4 is 18.0 Å². The highest BCUT2D eigenvalue weighted by Crippen LogP contribution is 2.36. The average molecular weight is 405 g/mol. The van der Waals surface area contributed by atoms with Crippen molar-refractivity contribution in [2.75, 3.05) is 26.9 Å². The largest absolute Gasteiger partial charge is 0.494 e. The lowest BCUT2D eigenvalue weighted by molar-refractivity contribution is 0.280. The van der Waals surface area contributed by atoms with Gasteiger partial charge in [-0.15, -0.1) is 0 Å². The summed E-state index contributed by atoms with van der Waals surface area (Å²) >= 11 is 0. The molecule has 2 aromatic rings. The molecule has 156 valence electrons. The minimum absolute atomic E-state index is 0.473. The number of hydrogen-bond acceptors (Lipinski definition) is 5. The molecule has 0 N–H and O–H groups in total. The predicted octanol–water partition coefficient (Wildman–Crippen LogP) is 5.37. The summed E-state index contributed by atoms with van der Waals surface area (Å²) in [6.45, 7) is 3.83. The Morgan fingerprint density at radius 2 is 1.90 bits per heavy atom. The molecule has 30 heavy (non-hydrogen) atoms. The topological polar surface area (TPSA) is 49.3 Å². The first-order valence-electron chi connectivity index (χ1n) is 10.4. The second-order valence-corrected chi connectivity index (χ2v) is 7.33. The summed E-state index contributed by atoms with van der Waals surface area (Å²) in [5.41, 5.74) is 3.92. The second kappa shape index (κ2) is 9.53. The Morgan fingerprint density at radius 3 is 2.63 bits per heavy atom. The zero-order valence-electron chi connectivity index (χ0n) is 17.5. The third kappa shape index (κ3) is 4.85. The quantitative estimate of drug-likeness (QED) is 0.563. The number of para-hydroxylation sites is 1. The van der Waals surface area contributed by atoms with Gasteiger partial charge in [-0.05, 0) is 61.6 Å². The lowest BCUT2D eigenvalue weighted by Gasteiger charge is -2.15. The molecule has 1 fully saturated rings. The molecule has 1 aliphatic carbocycles. The van der Waals surface area contributed by atoms with E-state index >= 15 is 0 Å². The summed E-state index contributed by atoms with van der Waals surface area (Å²) in [4.78, 5) is 4.46. The number of hydrogen-bond donors (Lipinski definition) is 0. The summed E-state index contributed by atoms with van der Waals surface area (Å²) in [5, 5.41) is 0. The molecule has 0 radical (unpaired) electrons. The van der Waals surface area contributed by atoms with Crippen molar-refractivity contribution in [2.45, 2.75) is 19.8 Å². The molecule has 0 amide bonds. The first-order chi connectivity index (χ1) is 14.8. The van der Waals surface area contributed by atoms with E-state index in [0.29, 0.717) is 19.1 Å². The van der Waals surface area contributed by atoms with Crippen LogP contribution in [0.15, 0.2) is 59.2 Å². The number of ether oxygens (including phenoxy) is 4. The van der Waals surface area contributed by atoms with Gasteiger partial charge in [0.05, 0.1) is 26.0 Å². The summed E-state index contributed by atoms with van der Waals surface area (Å²) in [6, 6.07) is 13.9. The van der Waals surface area contributed by atoms with Gasteiger partial charge in [0.1, 0.15) is 12.4 Å². The van der Waals surface area contributed by atoms with Crippen molar-refractivity contribution in [3.05, 3.63) is 65.4 Å². The van der Waals surface area contributed by atoms with Gasteiger partial charge in [-0.2, -0.15) is 0 Å². The Labute approximate surface area is 177 Å². The first kappa shape index (κ1) is 20.1. The number of allylic oxidation sites excluding steroid dienone is 1. The molecule has 1 aliphatic heterocycles. The van der Waals surface area contributed by atoms with Crippen LogP contribution in [0.5, 0.6) is 17.2 Å². The van der Waals surface area contributed by atoms with Crippen LogP contribution in [-0.2, 0) is 4.74 Å². The van der Waals surface area contributed by atoms with E-state index < -0.39 is 0 Å². The molecule has 4 rings (SSSR count). The van der Waals surface area contributed by atoms with Crippen LogP contribution in [0, 0.1) is 5.92 Å². The molecule has 2 aromatic carbocycles. The molecule has 0 saturated heterocycles. The van der Waals surface area contributed by atoms with E-state index in [-0.39, 0.29) is 0 Å². The maximum absolute atomic E-state index is 6.10. The van der Waals surface area contributed by atoms with Gasteiger partial charge >= 0.3 is 0 Å². The average Bonchev–Trinajstić information content (AvgIpc) is 3.62. The van der Waals surface area contributed by atoms with Gasteiger partial charge in [-0.3, -0.25) is 0 Å². The molecular weight excluding hydrogens is 378 g/mol. The highest BCUT2D eigenvalue weighted by Gasteiger charge is 2.23. The van der Waals surface area contributed by atoms with Crippen LogP contribution < -0.4 is 14.2 Å². The Hall–Kier alpha value is -3.21. The maximum Gasteiger partial charge on any atom is 0.175 e. The van der Waals surface area contributed by atoms with E-state index in [1.54, 1.807) is 7.11 Å². The smallest absolute Gasteiger partial charge is 0.175 e. The zero-order valence-corrected chi connectivity index (χ0v) is 17.5. The monoisotopic (exact) mass is 405 g/mol. The molecule has 0 aromatic heterocycles. The SMILES string of the molecule is CCOc1ccc(C2=C(/C=C/c3cccc(OC)c3OCC3CC3)N=COC2)cc1. The fourth-order valence-corrected chi connectivity index (χ4v) is 3.29. The van der Waals surface area contributed by atoms with Gasteiger partial charge in [0.2, 0.25) is 0 Å². The van der Waals surface area contributed by atoms with Crippen molar-refractivity contribution < 1.29 is 18.9 Å². The van der Waals surface area contributed by atoms with Crippen LogP contribution in [0.4, 0.5) is 0 Å². The third-order valence-corrected chi connectivity index (χ3v) is 5.13. The summed E-state index contributed by atoms with van der Waals surface area (Å²) in [7, 11) is 1.67. The lowest BCUT2D eigenvalue weighted by atomic mass is 10.0. The van der Waals surface area contributed by atoms with E-state index in [1.807, 2.05) is 61.5 Å². The van der Waals surface area contributed by atoms with Crippen LogP contribution in [0.3, 0.4) is 0 Å². The number of nitrogens with zero attached hydrogens (tertiary/aromatic N) is 1. The Kier molecular flexibility index (Phi) is 6.38. The fourth-order valence-electron chi connectivity index (χ4n) is 3.29. The normalized spacial score (nSPS) is 15.9. The predicted molar refractivity (Wildman–Crippen MR) is 119 cm³/mol. The van der Waals surface area contributed by atoms with E-state index in [4.69, 9.17) is 18.9 Å². The summed E-state index contributed by atoms with van der Waals surface area (Å²) < 4.78 is 22.6. The molecule has 1 saturated carbocycles. The minimum Gasteiger partial charge on any atom is -0.494 e. The zero-order chi connectivity index (χ0) is 20.8. The van der Waals surface area contributed by atoms with Crippen molar-refractivity contribution in [1.29, 1.82) is 0 Å². The summed E-state index contributed by atoms with van der Waals surface area (Å²) in [5.74, 6) is 3.05. The van der Waals surface area contributed by atoms with Gasteiger partial charge in [0.25, 0.3) is 0 Å². The van der Waals surface area contributed by atoms with E-state index in [1.165, 1.54) is 19.2 Å². The van der Waals surface area contributed by atoms with E-state index in [2.05, 4.69) is 4.99 Å². The van der Waals surface area contributed by atoms with Crippen molar-refractivity contribution in [2.24, 2.45) is 10.9 Å². The number of methoxy groups -OCH3 is 1. The molecule has 5 nitrogen and oxygen atoms in total. The van der Waals surface area contributed by atoms with Crippen LogP contribution in [0.2, 0.25) is 0 Å².